The smallest absolute Gasteiger partial charge is 0.317 e. The monoisotopic (exact) mass is 330 g/mol. The zero-order valence-electron chi connectivity index (χ0n) is 14.2. The van der Waals surface area contributed by atoms with E-state index in [0.29, 0.717) is 19.0 Å². The van der Waals surface area contributed by atoms with Crippen LogP contribution in [0.5, 0.6) is 0 Å². The molecule has 8 nitrogen and oxygen atoms in total. The lowest BCUT2D eigenvalue weighted by Gasteiger charge is -2.34. The zero-order chi connectivity index (χ0) is 17.3. The summed E-state index contributed by atoms with van der Waals surface area (Å²) in [5.74, 6) is 0.650. The maximum absolute atomic E-state index is 10.8. The number of hydrogen-bond donors (Lipinski definition) is 1. The standard InChI is InChI=1S/C16H22N6O2/c1-11-9-14(21-6-4-20(5-7-21)10-15(23)24)18-16(17-11)22-13(3)8-12(2)19-22/h8-9H,4-7,10H2,1-3H3,(H,23,24). The molecule has 1 fully saturated rings. The number of hydrogen-bond acceptors (Lipinski definition) is 6. The summed E-state index contributed by atoms with van der Waals surface area (Å²) in [5, 5.41) is 13.3. The van der Waals surface area contributed by atoms with Crippen LogP contribution in [0.3, 0.4) is 0 Å². The Morgan fingerprint density at radius 1 is 1.08 bits per heavy atom. The first kappa shape index (κ1) is 16.4. The molecule has 0 radical (unpaired) electrons. The maximum Gasteiger partial charge on any atom is 0.317 e. The van der Waals surface area contributed by atoms with Gasteiger partial charge in [0, 0.05) is 43.6 Å². The van der Waals surface area contributed by atoms with E-state index in [1.807, 2.05) is 37.8 Å². The van der Waals surface area contributed by atoms with Crippen molar-refractivity contribution in [3.63, 3.8) is 0 Å². The first-order chi connectivity index (χ1) is 11.4. The highest BCUT2D eigenvalue weighted by Crippen LogP contribution is 2.17. The van der Waals surface area contributed by atoms with Crippen LogP contribution in [-0.2, 0) is 4.79 Å². The SMILES string of the molecule is Cc1cc(N2CCN(CC(=O)O)CC2)nc(-n2nc(C)cc2C)n1. The Hall–Kier alpha value is -2.48. The van der Waals surface area contributed by atoms with E-state index in [0.717, 1.165) is 36.0 Å². The number of nitrogens with zero attached hydrogens (tertiary/aromatic N) is 6. The molecule has 0 spiro atoms. The summed E-state index contributed by atoms with van der Waals surface area (Å²) in [6.07, 6.45) is 0. The van der Waals surface area contributed by atoms with Crippen molar-refractivity contribution >= 4 is 11.8 Å². The van der Waals surface area contributed by atoms with Crippen LogP contribution in [0.25, 0.3) is 5.95 Å². The van der Waals surface area contributed by atoms with E-state index in [9.17, 15) is 4.79 Å². The molecule has 0 bridgehead atoms. The van der Waals surface area contributed by atoms with Gasteiger partial charge < -0.3 is 10.0 Å². The van der Waals surface area contributed by atoms with Gasteiger partial charge in [-0.05, 0) is 26.8 Å². The quantitative estimate of drug-likeness (QED) is 0.887. The van der Waals surface area contributed by atoms with Crippen molar-refractivity contribution in [2.24, 2.45) is 0 Å². The van der Waals surface area contributed by atoms with Crippen molar-refractivity contribution in [3.8, 4) is 5.95 Å². The van der Waals surface area contributed by atoms with Crippen molar-refractivity contribution in [1.29, 1.82) is 0 Å². The maximum atomic E-state index is 10.8. The third kappa shape index (κ3) is 3.53. The van der Waals surface area contributed by atoms with Gasteiger partial charge in [-0.25, -0.2) is 9.67 Å². The Kier molecular flexibility index (Phi) is 4.48. The van der Waals surface area contributed by atoms with Crippen molar-refractivity contribution in [3.05, 3.63) is 29.2 Å². The molecule has 0 aromatic carbocycles. The van der Waals surface area contributed by atoms with Gasteiger partial charge in [0.05, 0.1) is 12.2 Å². The number of aryl methyl sites for hydroxylation is 3. The zero-order valence-corrected chi connectivity index (χ0v) is 14.2. The van der Waals surface area contributed by atoms with E-state index in [1.54, 1.807) is 4.68 Å². The van der Waals surface area contributed by atoms with Gasteiger partial charge in [-0.15, -0.1) is 0 Å². The first-order valence-corrected chi connectivity index (χ1v) is 8.01. The van der Waals surface area contributed by atoms with Crippen LogP contribution >= 0.6 is 0 Å². The van der Waals surface area contributed by atoms with E-state index < -0.39 is 5.97 Å². The molecule has 1 aliphatic rings. The molecule has 1 saturated heterocycles. The van der Waals surface area contributed by atoms with Gasteiger partial charge in [0.1, 0.15) is 5.82 Å². The number of carboxylic acid groups (broad SMARTS) is 1. The minimum atomic E-state index is -0.784. The van der Waals surface area contributed by atoms with E-state index in [4.69, 9.17) is 5.11 Å². The molecule has 0 atom stereocenters. The predicted molar refractivity (Wildman–Crippen MR) is 89.7 cm³/mol. The Morgan fingerprint density at radius 3 is 2.38 bits per heavy atom. The number of aromatic nitrogens is 4. The average molecular weight is 330 g/mol. The number of anilines is 1. The summed E-state index contributed by atoms with van der Waals surface area (Å²) in [7, 11) is 0. The second kappa shape index (κ2) is 6.56. The molecule has 2 aromatic rings. The fraction of sp³-hybridized carbons (Fsp3) is 0.500. The Balaban J connectivity index is 1.80. The molecular weight excluding hydrogens is 308 g/mol. The highest BCUT2D eigenvalue weighted by molar-refractivity contribution is 5.69. The van der Waals surface area contributed by atoms with Gasteiger partial charge in [0.25, 0.3) is 5.95 Å². The van der Waals surface area contributed by atoms with Crippen LogP contribution < -0.4 is 4.90 Å². The second-order valence-electron chi connectivity index (χ2n) is 6.16. The lowest BCUT2D eigenvalue weighted by atomic mass is 10.3. The van der Waals surface area contributed by atoms with Crippen LogP contribution in [0.1, 0.15) is 17.1 Å². The molecule has 3 rings (SSSR count). The molecule has 8 heteroatoms. The summed E-state index contributed by atoms with van der Waals surface area (Å²) >= 11 is 0. The molecule has 2 aromatic heterocycles. The van der Waals surface area contributed by atoms with E-state index in [-0.39, 0.29) is 6.54 Å². The Bertz CT molecular complexity index is 749. The summed E-state index contributed by atoms with van der Waals surface area (Å²) in [5.41, 5.74) is 2.81. The van der Waals surface area contributed by atoms with Crippen molar-refractivity contribution in [2.75, 3.05) is 37.6 Å². The minimum absolute atomic E-state index is 0.0909. The van der Waals surface area contributed by atoms with Gasteiger partial charge in [0.15, 0.2) is 0 Å². The summed E-state index contributed by atoms with van der Waals surface area (Å²) in [6, 6.07) is 3.96. The molecule has 1 N–H and O–H groups in total. The molecule has 0 saturated carbocycles. The number of rotatable bonds is 4. The number of piperazine rings is 1. The molecular formula is C16H22N6O2. The van der Waals surface area contributed by atoms with Crippen LogP contribution in [0.4, 0.5) is 5.82 Å². The average Bonchev–Trinajstić information content (AvgIpc) is 2.85. The number of carbonyl (C=O) groups is 1. The van der Waals surface area contributed by atoms with Gasteiger partial charge in [-0.1, -0.05) is 0 Å². The first-order valence-electron chi connectivity index (χ1n) is 8.01. The van der Waals surface area contributed by atoms with E-state index in [1.165, 1.54) is 0 Å². The topological polar surface area (TPSA) is 87.4 Å². The molecule has 3 heterocycles. The number of aliphatic carboxylic acids is 1. The number of carboxylic acids is 1. The van der Waals surface area contributed by atoms with Crippen LogP contribution in [-0.4, -0.2) is 68.4 Å². The largest absolute Gasteiger partial charge is 0.480 e. The molecule has 128 valence electrons. The fourth-order valence-electron chi connectivity index (χ4n) is 2.95. The van der Waals surface area contributed by atoms with Gasteiger partial charge in [-0.2, -0.15) is 10.1 Å². The molecule has 0 amide bonds. The minimum Gasteiger partial charge on any atom is -0.480 e. The molecule has 0 aliphatic carbocycles. The predicted octanol–water partition coefficient (Wildman–Crippen LogP) is 0.794. The second-order valence-corrected chi connectivity index (χ2v) is 6.16. The molecule has 1 aliphatic heterocycles. The Labute approximate surface area is 140 Å². The normalized spacial score (nSPS) is 15.7. The van der Waals surface area contributed by atoms with E-state index in [2.05, 4.69) is 20.0 Å². The van der Waals surface area contributed by atoms with Crippen LogP contribution in [0, 0.1) is 20.8 Å². The highest BCUT2D eigenvalue weighted by atomic mass is 16.4. The summed E-state index contributed by atoms with van der Waals surface area (Å²) in [6.45, 7) is 8.89. The fourth-order valence-corrected chi connectivity index (χ4v) is 2.95. The van der Waals surface area contributed by atoms with E-state index >= 15 is 0 Å². The molecule has 0 unspecified atom stereocenters. The lowest BCUT2D eigenvalue weighted by molar-refractivity contribution is -0.138. The lowest BCUT2D eigenvalue weighted by Crippen LogP contribution is -2.48. The van der Waals surface area contributed by atoms with Gasteiger partial charge in [-0.3, -0.25) is 9.69 Å². The van der Waals surface area contributed by atoms with Gasteiger partial charge in [0.2, 0.25) is 0 Å². The van der Waals surface area contributed by atoms with Crippen molar-refractivity contribution in [1.82, 2.24) is 24.6 Å². The van der Waals surface area contributed by atoms with Crippen LogP contribution in [0.2, 0.25) is 0 Å². The van der Waals surface area contributed by atoms with Gasteiger partial charge >= 0.3 is 5.97 Å². The third-order valence-electron chi connectivity index (χ3n) is 4.08. The van der Waals surface area contributed by atoms with Crippen LogP contribution in [0.15, 0.2) is 12.1 Å². The molecule has 24 heavy (non-hydrogen) atoms. The van der Waals surface area contributed by atoms with Crippen molar-refractivity contribution < 1.29 is 9.90 Å². The summed E-state index contributed by atoms with van der Waals surface area (Å²) < 4.78 is 1.76. The third-order valence-corrected chi connectivity index (χ3v) is 4.08. The summed E-state index contributed by atoms with van der Waals surface area (Å²) in [4.78, 5) is 24.1. The van der Waals surface area contributed by atoms with Crippen molar-refractivity contribution in [2.45, 2.75) is 20.8 Å². The highest BCUT2D eigenvalue weighted by Gasteiger charge is 2.21. The Morgan fingerprint density at radius 2 is 1.79 bits per heavy atom.